The van der Waals surface area contributed by atoms with Gasteiger partial charge in [0, 0.05) is 0 Å². The van der Waals surface area contributed by atoms with Crippen molar-refractivity contribution in [3.05, 3.63) is 23.8 Å². The van der Waals surface area contributed by atoms with Gasteiger partial charge in [-0.2, -0.15) is 0 Å². The summed E-state index contributed by atoms with van der Waals surface area (Å²) in [4.78, 5) is 0. The molecule has 0 aromatic rings. The second-order valence-corrected chi connectivity index (χ2v) is 1.93. The maximum Gasteiger partial charge on any atom is 0.0644 e. The van der Waals surface area contributed by atoms with Crippen molar-refractivity contribution in [1.29, 1.82) is 0 Å². The first-order valence-corrected chi connectivity index (χ1v) is 2.87. The Bertz CT molecular complexity index is 122. The summed E-state index contributed by atoms with van der Waals surface area (Å²) in [6.07, 6.45) is 8.21. The van der Waals surface area contributed by atoms with Crippen molar-refractivity contribution in [3.63, 3.8) is 0 Å². The largest absolute Gasteiger partial charge is 0.392 e. The van der Waals surface area contributed by atoms with Gasteiger partial charge in [-0.1, -0.05) is 18.2 Å². The van der Waals surface area contributed by atoms with Crippen LogP contribution in [0.2, 0.25) is 0 Å². The van der Waals surface area contributed by atoms with Gasteiger partial charge in [0.1, 0.15) is 0 Å². The molecule has 0 saturated carbocycles. The lowest BCUT2D eigenvalue weighted by Crippen LogP contribution is -1.90. The van der Waals surface area contributed by atoms with Gasteiger partial charge in [-0.05, 0) is 18.4 Å². The Morgan fingerprint density at radius 1 is 1.50 bits per heavy atom. The number of rotatable bonds is 1. The van der Waals surface area contributed by atoms with Crippen molar-refractivity contribution < 1.29 is 5.11 Å². The SMILES string of the molecule is OCC1=CCC=CC1. The van der Waals surface area contributed by atoms with E-state index in [2.05, 4.69) is 18.2 Å². The molecular formula is C7H10O. The van der Waals surface area contributed by atoms with Crippen molar-refractivity contribution in [2.24, 2.45) is 0 Å². The fourth-order valence-corrected chi connectivity index (χ4v) is 0.778. The summed E-state index contributed by atoms with van der Waals surface area (Å²) >= 11 is 0. The van der Waals surface area contributed by atoms with Crippen molar-refractivity contribution in [2.45, 2.75) is 12.8 Å². The Morgan fingerprint density at radius 2 is 2.38 bits per heavy atom. The van der Waals surface area contributed by atoms with Gasteiger partial charge in [0.05, 0.1) is 6.61 Å². The summed E-state index contributed by atoms with van der Waals surface area (Å²) in [7, 11) is 0. The van der Waals surface area contributed by atoms with Crippen LogP contribution in [-0.4, -0.2) is 11.7 Å². The second kappa shape index (κ2) is 2.68. The molecule has 0 saturated heterocycles. The molecule has 0 aromatic heterocycles. The van der Waals surface area contributed by atoms with Crippen LogP contribution in [0.15, 0.2) is 23.8 Å². The van der Waals surface area contributed by atoms with Gasteiger partial charge in [0.2, 0.25) is 0 Å². The summed E-state index contributed by atoms with van der Waals surface area (Å²) in [6.45, 7) is 0.227. The Labute approximate surface area is 49.3 Å². The Morgan fingerprint density at radius 3 is 2.75 bits per heavy atom. The second-order valence-electron chi connectivity index (χ2n) is 1.93. The van der Waals surface area contributed by atoms with Crippen LogP contribution < -0.4 is 0 Å². The average molecular weight is 110 g/mol. The molecule has 1 N–H and O–H groups in total. The summed E-state index contributed by atoms with van der Waals surface area (Å²) < 4.78 is 0. The van der Waals surface area contributed by atoms with E-state index in [4.69, 9.17) is 5.11 Å². The zero-order valence-corrected chi connectivity index (χ0v) is 4.80. The van der Waals surface area contributed by atoms with E-state index in [0.29, 0.717) is 0 Å². The lowest BCUT2D eigenvalue weighted by molar-refractivity contribution is 0.328. The molecule has 0 heterocycles. The van der Waals surface area contributed by atoms with E-state index in [0.717, 1.165) is 18.4 Å². The van der Waals surface area contributed by atoms with Gasteiger partial charge in [-0.15, -0.1) is 0 Å². The molecule has 44 valence electrons. The van der Waals surface area contributed by atoms with Crippen LogP contribution in [0, 0.1) is 0 Å². The quantitative estimate of drug-likeness (QED) is 0.504. The van der Waals surface area contributed by atoms with Crippen molar-refractivity contribution in [1.82, 2.24) is 0 Å². The molecule has 0 bridgehead atoms. The highest BCUT2D eigenvalue weighted by atomic mass is 16.3. The van der Waals surface area contributed by atoms with Gasteiger partial charge in [-0.25, -0.2) is 0 Å². The number of hydrogen-bond acceptors (Lipinski definition) is 1. The molecule has 0 spiro atoms. The molecule has 1 nitrogen and oxygen atoms in total. The predicted molar refractivity (Wildman–Crippen MR) is 33.5 cm³/mol. The van der Waals surface area contributed by atoms with E-state index in [9.17, 15) is 0 Å². The Hall–Kier alpha value is -0.560. The summed E-state index contributed by atoms with van der Waals surface area (Å²) in [6, 6.07) is 0. The Kier molecular flexibility index (Phi) is 1.86. The maximum absolute atomic E-state index is 8.59. The molecule has 0 atom stereocenters. The first-order valence-electron chi connectivity index (χ1n) is 2.87. The van der Waals surface area contributed by atoms with Crippen molar-refractivity contribution in [2.75, 3.05) is 6.61 Å². The van der Waals surface area contributed by atoms with Crippen LogP contribution in [0.4, 0.5) is 0 Å². The highest BCUT2D eigenvalue weighted by molar-refractivity contribution is 5.14. The minimum Gasteiger partial charge on any atom is -0.392 e. The number of aliphatic hydroxyl groups is 1. The normalized spacial score (nSPS) is 18.4. The van der Waals surface area contributed by atoms with E-state index in [1.54, 1.807) is 0 Å². The molecule has 0 fully saturated rings. The fraction of sp³-hybridized carbons (Fsp3) is 0.429. The van der Waals surface area contributed by atoms with E-state index in [-0.39, 0.29) is 6.61 Å². The zero-order valence-electron chi connectivity index (χ0n) is 4.80. The third-order valence-corrected chi connectivity index (χ3v) is 1.29. The van der Waals surface area contributed by atoms with Gasteiger partial charge >= 0.3 is 0 Å². The molecule has 1 aliphatic rings. The van der Waals surface area contributed by atoms with Crippen LogP contribution in [0.1, 0.15) is 12.8 Å². The van der Waals surface area contributed by atoms with Crippen LogP contribution in [-0.2, 0) is 0 Å². The van der Waals surface area contributed by atoms with Crippen LogP contribution in [0.5, 0.6) is 0 Å². The molecule has 8 heavy (non-hydrogen) atoms. The molecule has 0 aromatic carbocycles. The van der Waals surface area contributed by atoms with Gasteiger partial charge < -0.3 is 5.11 Å². The van der Waals surface area contributed by atoms with Crippen molar-refractivity contribution in [3.8, 4) is 0 Å². The topological polar surface area (TPSA) is 20.2 Å². The molecule has 0 radical (unpaired) electrons. The fourth-order valence-electron chi connectivity index (χ4n) is 0.778. The summed E-state index contributed by atoms with van der Waals surface area (Å²) in [5.41, 5.74) is 1.15. The van der Waals surface area contributed by atoms with Crippen LogP contribution >= 0.6 is 0 Å². The molecule has 0 unspecified atom stereocenters. The third-order valence-electron chi connectivity index (χ3n) is 1.29. The highest BCUT2D eigenvalue weighted by Gasteiger charge is 1.93. The van der Waals surface area contributed by atoms with Crippen LogP contribution in [0.3, 0.4) is 0 Å². The average Bonchev–Trinajstić information content (AvgIpc) is 1.90. The number of allylic oxidation sites excluding steroid dienone is 3. The van der Waals surface area contributed by atoms with Crippen molar-refractivity contribution >= 4 is 0 Å². The van der Waals surface area contributed by atoms with Gasteiger partial charge in [0.15, 0.2) is 0 Å². The molecule has 1 aliphatic carbocycles. The van der Waals surface area contributed by atoms with E-state index in [1.165, 1.54) is 0 Å². The maximum atomic E-state index is 8.59. The standard InChI is InChI=1S/C7H10O/c8-6-7-4-2-1-3-5-7/h1-2,5,8H,3-4,6H2. The lowest BCUT2D eigenvalue weighted by Gasteiger charge is -2.01. The number of aliphatic hydroxyl groups excluding tert-OH is 1. The zero-order chi connectivity index (χ0) is 5.82. The minimum atomic E-state index is 0.227. The monoisotopic (exact) mass is 110 g/mol. The summed E-state index contributed by atoms with van der Waals surface area (Å²) in [5, 5.41) is 8.59. The lowest BCUT2D eigenvalue weighted by atomic mass is 10.1. The molecular weight excluding hydrogens is 100 g/mol. The molecule has 0 amide bonds. The van der Waals surface area contributed by atoms with Gasteiger partial charge in [0.25, 0.3) is 0 Å². The number of hydrogen-bond donors (Lipinski definition) is 1. The third kappa shape index (κ3) is 1.20. The Balaban J connectivity index is 2.43. The minimum absolute atomic E-state index is 0.227. The van der Waals surface area contributed by atoms with Gasteiger partial charge in [-0.3, -0.25) is 0 Å². The summed E-state index contributed by atoms with van der Waals surface area (Å²) in [5.74, 6) is 0. The van der Waals surface area contributed by atoms with E-state index >= 15 is 0 Å². The smallest absolute Gasteiger partial charge is 0.0644 e. The van der Waals surface area contributed by atoms with E-state index in [1.807, 2.05) is 0 Å². The highest BCUT2D eigenvalue weighted by Crippen LogP contribution is 2.08. The first-order chi connectivity index (χ1) is 3.93. The van der Waals surface area contributed by atoms with Crippen LogP contribution in [0.25, 0.3) is 0 Å². The molecule has 0 aliphatic heterocycles. The predicted octanol–water partition coefficient (Wildman–Crippen LogP) is 1.26. The van der Waals surface area contributed by atoms with E-state index < -0.39 is 0 Å². The first kappa shape index (κ1) is 5.57. The molecule has 1 heteroatoms. The molecule has 1 rings (SSSR count).